The number of carboxylic acid groups (broad SMARTS) is 1. The number of carbonyl (C=O) groups is 1. The molecular weight excluding hydrogens is 202 g/mol. The third-order valence-corrected chi connectivity index (χ3v) is 4.78. The van der Waals surface area contributed by atoms with Crippen molar-refractivity contribution < 1.29 is 9.90 Å². The van der Waals surface area contributed by atoms with Gasteiger partial charge in [-0.05, 0) is 37.0 Å². The lowest BCUT2D eigenvalue weighted by Crippen LogP contribution is -2.58. The van der Waals surface area contributed by atoms with Crippen LogP contribution in [0.15, 0.2) is 0 Å². The van der Waals surface area contributed by atoms with Gasteiger partial charge in [0.05, 0.1) is 0 Å². The second-order valence-corrected chi connectivity index (χ2v) is 6.09. The summed E-state index contributed by atoms with van der Waals surface area (Å²) in [6.07, 6.45) is 8.68. The van der Waals surface area contributed by atoms with E-state index in [1.807, 2.05) is 0 Å². The number of nitrogens with zero attached hydrogens (tertiary/aromatic N) is 1. The molecule has 0 radical (unpaired) electrons. The molecule has 16 heavy (non-hydrogen) atoms. The summed E-state index contributed by atoms with van der Waals surface area (Å²) in [6, 6.07) is -0.175. The second-order valence-electron chi connectivity index (χ2n) is 6.09. The largest absolute Gasteiger partial charge is 0.480 e. The molecule has 0 bridgehead atoms. The van der Waals surface area contributed by atoms with Crippen molar-refractivity contribution in [1.82, 2.24) is 4.90 Å². The van der Waals surface area contributed by atoms with Crippen molar-refractivity contribution in [2.24, 2.45) is 11.3 Å². The third-order valence-electron chi connectivity index (χ3n) is 4.78. The molecule has 0 aromatic heterocycles. The highest BCUT2D eigenvalue weighted by atomic mass is 16.4. The van der Waals surface area contributed by atoms with Crippen LogP contribution in [-0.4, -0.2) is 35.1 Å². The summed E-state index contributed by atoms with van der Waals surface area (Å²) in [5, 5.41) is 9.41. The molecule has 3 nitrogen and oxygen atoms in total. The quantitative estimate of drug-likeness (QED) is 0.796. The average Bonchev–Trinajstić information content (AvgIpc) is 2.98. The first-order valence-electron chi connectivity index (χ1n) is 6.67. The fourth-order valence-electron chi connectivity index (χ4n) is 3.61. The van der Waals surface area contributed by atoms with Crippen LogP contribution in [0, 0.1) is 11.3 Å². The SMILES string of the molecule is O=C(O)C(C1CCCCC1)N1CC2(CC2)C1. The Morgan fingerprint density at radius 3 is 2.31 bits per heavy atom. The topological polar surface area (TPSA) is 40.5 Å². The Labute approximate surface area is 96.8 Å². The van der Waals surface area contributed by atoms with Crippen LogP contribution in [0.2, 0.25) is 0 Å². The van der Waals surface area contributed by atoms with Gasteiger partial charge in [0.2, 0.25) is 0 Å². The standard InChI is InChI=1S/C13H21NO2/c15-12(16)11(10-4-2-1-3-5-10)14-8-13(9-14)6-7-13/h10-11H,1-9H2,(H,15,16). The van der Waals surface area contributed by atoms with E-state index in [9.17, 15) is 9.90 Å². The molecule has 1 aliphatic heterocycles. The summed E-state index contributed by atoms with van der Waals surface area (Å²) in [6.45, 7) is 2.11. The molecular formula is C13H21NO2. The van der Waals surface area contributed by atoms with Crippen molar-refractivity contribution in [2.75, 3.05) is 13.1 Å². The number of hydrogen-bond acceptors (Lipinski definition) is 2. The minimum Gasteiger partial charge on any atom is -0.480 e. The number of carboxylic acids is 1. The molecule has 2 aliphatic carbocycles. The van der Waals surface area contributed by atoms with E-state index >= 15 is 0 Å². The zero-order valence-electron chi connectivity index (χ0n) is 9.82. The van der Waals surface area contributed by atoms with Gasteiger partial charge >= 0.3 is 5.97 Å². The Morgan fingerprint density at radius 1 is 1.19 bits per heavy atom. The molecule has 1 unspecified atom stereocenters. The number of likely N-dealkylation sites (tertiary alicyclic amines) is 1. The Hall–Kier alpha value is -0.570. The van der Waals surface area contributed by atoms with Crippen molar-refractivity contribution in [3.8, 4) is 0 Å². The Morgan fingerprint density at radius 2 is 1.81 bits per heavy atom. The van der Waals surface area contributed by atoms with Crippen LogP contribution < -0.4 is 0 Å². The molecule has 2 saturated carbocycles. The van der Waals surface area contributed by atoms with Gasteiger partial charge in [-0.15, -0.1) is 0 Å². The van der Waals surface area contributed by atoms with E-state index in [1.165, 1.54) is 32.1 Å². The fraction of sp³-hybridized carbons (Fsp3) is 0.923. The normalized spacial score (nSPS) is 31.0. The molecule has 1 N–H and O–H groups in total. The first kappa shape index (κ1) is 10.6. The van der Waals surface area contributed by atoms with Crippen LogP contribution in [0.5, 0.6) is 0 Å². The second kappa shape index (κ2) is 3.73. The van der Waals surface area contributed by atoms with Gasteiger partial charge in [-0.25, -0.2) is 0 Å². The molecule has 3 heteroatoms. The number of rotatable bonds is 3. The van der Waals surface area contributed by atoms with Crippen LogP contribution in [0.4, 0.5) is 0 Å². The zero-order chi connectivity index (χ0) is 11.2. The van der Waals surface area contributed by atoms with Crippen LogP contribution in [0.3, 0.4) is 0 Å². The van der Waals surface area contributed by atoms with E-state index in [4.69, 9.17) is 0 Å². The summed E-state index contributed by atoms with van der Waals surface area (Å²) < 4.78 is 0. The average molecular weight is 223 g/mol. The first-order valence-corrected chi connectivity index (χ1v) is 6.67. The zero-order valence-corrected chi connectivity index (χ0v) is 9.82. The monoisotopic (exact) mass is 223 g/mol. The summed E-state index contributed by atoms with van der Waals surface area (Å²) >= 11 is 0. The van der Waals surface area contributed by atoms with Crippen LogP contribution >= 0.6 is 0 Å². The van der Waals surface area contributed by atoms with Gasteiger partial charge in [-0.3, -0.25) is 9.69 Å². The van der Waals surface area contributed by atoms with E-state index in [-0.39, 0.29) is 6.04 Å². The van der Waals surface area contributed by atoms with Gasteiger partial charge in [0.1, 0.15) is 6.04 Å². The third kappa shape index (κ3) is 1.75. The van der Waals surface area contributed by atoms with Crippen LogP contribution in [-0.2, 0) is 4.79 Å². The molecule has 3 rings (SSSR count). The van der Waals surface area contributed by atoms with E-state index in [2.05, 4.69) is 4.90 Å². The number of aliphatic carboxylic acids is 1. The molecule has 3 fully saturated rings. The predicted molar refractivity (Wildman–Crippen MR) is 61.2 cm³/mol. The molecule has 90 valence electrons. The predicted octanol–water partition coefficient (Wildman–Crippen LogP) is 2.12. The van der Waals surface area contributed by atoms with Gasteiger partial charge in [0, 0.05) is 13.1 Å². The maximum absolute atomic E-state index is 11.4. The van der Waals surface area contributed by atoms with E-state index in [0.717, 1.165) is 25.9 Å². The van der Waals surface area contributed by atoms with Crippen molar-refractivity contribution in [3.05, 3.63) is 0 Å². The molecule has 3 aliphatic rings. The van der Waals surface area contributed by atoms with Crippen molar-refractivity contribution in [3.63, 3.8) is 0 Å². The highest BCUT2D eigenvalue weighted by Crippen LogP contribution is 2.54. The van der Waals surface area contributed by atoms with Gasteiger partial charge in [0.15, 0.2) is 0 Å². The molecule has 1 saturated heterocycles. The minimum atomic E-state index is -0.581. The lowest BCUT2D eigenvalue weighted by molar-refractivity contribution is -0.150. The number of hydrogen-bond donors (Lipinski definition) is 1. The van der Waals surface area contributed by atoms with Gasteiger partial charge < -0.3 is 5.11 Å². The molecule has 0 amide bonds. The lowest BCUT2D eigenvalue weighted by atomic mass is 9.80. The van der Waals surface area contributed by atoms with E-state index in [1.54, 1.807) is 0 Å². The van der Waals surface area contributed by atoms with E-state index < -0.39 is 5.97 Å². The highest BCUT2D eigenvalue weighted by molar-refractivity contribution is 5.74. The maximum Gasteiger partial charge on any atom is 0.321 e. The van der Waals surface area contributed by atoms with Crippen molar-refractivity contribution >= 4 is 5.97 Å². The highest BCUT2D eigenvalue weighted by Gasteiger charge is 2.55. The Kier molecular flexibility index (Phi) is 2.46. The summed E-state index contributed by atoms with van der Waals surface area (Å²) in [4.78, 5) is 13.7. The molecule has 1 spiro atoms. The van der Waals surface area contributed by atoms with Gasteiger partial charge in [0.25, 0.3) is 0 Å². The smallest absolute Gasteiger partial charge is 0.321 e. The molecule has 0 aromatic carbocycles. The fourth-order valence-corrected chi connectivity index (χ4v) is 3.61. The van der Waals surface area contributed by atoms with Crippen LogP contribution in [0.25, 0.3) is 0 Å². The Balaban J connectivity index is 1.63. The molecule has 0 aromatic rings. The first-order chi connectivity index (χ1) is 7.70. The van der Waals surface area contributed by atoms with Crippen LogP contribution in [0.1, 0.15) is 44.9 Å². The lowest BCUT2D eigenvalue weighted by Gasteiger charge is -2.46. The van der Waals surface area contributed by atoms with Gasteiger partial charge in [-0.2, -0.15) is 0 Å². The molecule has 1 heterocycles. The Bertz CT molecular complexity index is 284. The minimum absolute atomic E-state index is 0.175. The van der Waals surface area contributed by atoms with Crippen molar-refractivity contribution in [1.29, 1.82) is 0 Å². The maximum atomic E-state index is 11.4. The molecule has 1 atom stereocenters. The summed E-state index contributed by atoms with van der Waals surface area (Å²) in [5.74, 6) is -0.162. The summed E-state index contributed by atoms with van der Waals surface area (Å²) in [5.41, 5.74) is 0.572. The van der Waals surface area contributed by atoms with Crippen molar-refractivity contribution in [2.45, 2.75) is 51.0 Å². The van der Waals surface area contributed by atoms with E-state index in [0.29, 0.717) is 11.3 Å². The summed E-state index contributed by atoms with van der Waals surface area (Å²) in [7, 11) is 0. The van der Waals surface area contributed by atoms with Gasteiger partial charge in [-0.1, -0.05) is 19.3 Å².